The fourth-order valence-corrected chi connectivity index (χ4v) is 3.21. The van der Waals surface area contributed by atoms with Crippen LogP contribution in [0.1, 0.15) is 9.68 Å². The van der Waals surface area contributed by atoms with E-state index in [-0.39, 0.29) is 0 Å². The Kier molecular flexibility index (Phi) is 1.29. The Bertz CT molecular complexity index is 1090. The van der Waals surface area contributed by atoms with Crippen molar-refractivity contribution in [3.05, 3.63) is 54.5 Å². The molecular formula is C16H13N4+. The van der Waals surface area contributed by atoms with E-state index in [1.54, 1.807) is 6.20 Å². The molecule has 0 amide bonds. The fraction of sp³-hybridized carbons (Fsp3) is 0.125. The second kappa shape index (κ2) is 3.28. The molecule has 0 N–H and O–H groups in total. The van der Waals surface area contributed by atoms with Gasteiger partial charge in [-0.05, 0) is 18.2 Å². The highest BCUT2D eigenvalue weighted by molar-refractivity contribution is 5.84. The summed E-state index contributed by atoms with van der Waals surface area (Å²) in [6, 6.07) is 9.61. The second-order valence-electron chi connectivity index (χ2n) is 5.13. The average molecular weight is 264 g/mol. The predicted molar refractivity (Wildman–Crippen MR) is 76.4 cm³/mol. The monoisotopic (exact) mass is 264 g/mol. The van der Waals surface area contributed by atoms with Crippen molar-refractivity contribution in [1.29, 1.82) is 0 Å². The van der Waals surface area contributed by atoms with E-state index in [4.69, 9.17) is 4.11 Å². The molecule has 0 unspecified atom stereocenters. The minimum absolute atomic E-state index is 0.684. The Labute approximate surface area is 119 Å². The molecule has 5 rings (SSSR count). The van der Waals surface area contributed by atoms with Gasteiger partial charge in [0.25, 0.3) is 5.82 Å². The first-order valence-electron chi connectivity index (χ1n) is 8.04. The Morgan fingerprint density at radius 3 is 3.05 bits per heavy atom. The minimum atomic E-state index is -2.22. The van der Waals surface area contributed by atoms with E-state index in [0.29, 0.717) is 11.2 Å². The lowest BCUT2D eigenvalue weighted by Crippen LogP contribution is -2.29. The molecule has 0 spiro atoms. The zero-order valence-corrected chi connectivity index (χ0v) is 10.6. The van der Waals surface area contributed by atoms with Gasteiger partial charge in [-0.1, -0.05) is 12.1 Å². The van der Waals surface area contributed by atoms with Gasteiger partial charge in [0.1, 0.15) is 6.54 Å². The summed E-state index contributed by atoms with van der Waals surface area (Å²) in [6.07, 6.45) is 5.57. The van der Waals surface area contributed by atoms with E-state index in [0.717, 1.165) is 29.0 Å². The molecule has 0 atom stereocenters. The maximum absolute atomic E-state index is 7.92. The van der Waals surface area contributed by atoms with Gasteiger partial charge in [-0.2, -0.15) is 4.40 Å². The van der Waals surface area contributed by atoms with Crippen molar-refractivity contribution in [3.8, 4) is 11.4 Å². The number of benzene rings is 1. The lowest BCUT2D eigenvalue weighted by molar-refractivity contribution is -0.670. The number of imidazole rings is 2. The molecular weight excluding hydrogens is 248 g/mol. The molecule has 4 nitrogen and oxygen atoms in total. The summed E-state index contributed by atoms with van der Waals surface area (Å²) in [4.78, 5) is 4.19. The SMILES string of the molecule is [2H]C([2H])([2H])n1c2ccccc2n2c3[n+](cc12)Cc1cnccc1-3. The van der Waals surface area contributed by atoms with Crippen LogP contribution >= 0.6 is 0 Å². The molecule has 0 saturated heterocycles. The lowest BCUT2D eigenvalue weighted by Gasteiger charge is -1.92. The fourth-order valence-electron chi connectivity index (χ4n) is 3.21. The van der Waals surface area contributed by atoms with E-state index < -0.39 is 6.98 Å². The molecule has 4 aromatic rings. The summed E-state index contributed by atoms with van der Waals surface area (Å²) in [5.74, 6) is 1.01. The third-order valence-corrected chi connectivity index (χ3v) is 4.06. The zero-order chi connectivity index (χ0) is 15.8. The van der Waals surface area contributed by atoms with Gasteiger partial charge < -0.3 is 4.57 Å². The summed E-state index contributed by atoms with van der Waals surface area (Å²) in [6.45, 7) is -1.51. The van der Waals surface area contributed by atoms with Gasteiger partial charge in [0.05, 0.1) is 11.1 Å². The molecule has 0 saturated carbocycles. The van der Waals surface area contributed by atoms with Crippen LogP contribution in [0.3, 0.4) is 0 Å². The molecule has 1 aliphatic rings. The van der Waals surface area contributed by atoms with Crippen molar-refractivity contribution < 1.29 is 8.68 Å². The molecule has 0 fully saturated rings. The Hall–Kier alpha value is -2.62. The maximum atomic E-state index is 7.92. The minimum Gasteiger partial charge on any atom is -0.305 e. The van der Waals surface area contributed by atoms with E-state index in [2.05, 4.69) is 9.55 Å². The average Bonchev–Trinajstić information content (AvgIpc) is 3.11. The van der Waals surface area contributed by atoms with Crippen LogP contribution in [0.15, 0.2) is 48.9 Å². The largest absolute Gasteiger partial charge is 0.305 e. The van der Waals surface area contributed by atoms with Crippen LogP contribution in [-0.4, -0.2) is 14.0 Å². The molecule has 1 aliphatic heterocycles. The summed E-state index contributed by atoms with van der Waals surface area (Å²) in [7, 11) is 0. The zero-order valence-electron chi connectivity index (χ0n) is 13.6. The Morgan fingerprint density at radius 2 is 2.15 bits per heavy atom. The molecule has 20 heavy (non-hydrogen) atoms. The van der Waals surface area contributed by atoms with Crippen LogP contribution in [0.2, 0.25) is 0 Å². The van der Waals surface area contributed by atoms with Gasteiger partial charge in [0.15, 0.2) is 11.7 Å². The first-order valence-corrected chi connectivity index (χ1v) is 6.54. The highest BCUT2D eigenvalue weighted by atomic mass is 15.2. The van der Waals surface area contributed by atoms with Crippen LogP contribution in [0, 0.1) is 0 Å². The van der Waals surface area contributed by atoms with Crippen LogP contribution in [0.5, 0.6) is 0 Å². The number of rotatable bonds is 0. The topological polar surface area (TPSA) is 26.1 Å². The standard InChI is InChI=1S/C16H13N4/c1-18-13-4-2-3-5-14(13)20-15(18)10-19-9-11-8-17-7-6-12(11)16(19)20/h2-8,10H,9H2,1H3/q+1/i1D3. The van der Waals surface area contributed by atoms with Crippen molar-refractivity contribution in [1.82, 2.24) is 14.0 Å². The van der Waals surface area contributed by atoms with Crippen LogP contribution in [0.4, 0.5) is 0 Å². The first-order chi connectivity index (χ1) is 11.1. The number of aromatic nitrogens is 4. The van der Waals surface area contributed by atoms with E-state index >= 15 is 0 Å². The molecule has 4 heteroatoms. The van der Waals surface area contributed by atoms with Crippen LogP contribution in [0.25, 0.3) is 28.1 Å². The summed E-state index contributed by atoms with van der Waals surface area (Å²) < 4.78 is 29.3. The highest BCUT2D eigenvalue weighted by Crippen LogP contribution is 2.31. The molecule has 3 aromatic heterocycles. The summed E-state index contributed by atoms with van der Waals surface area (Å²) in [5, 5.41) is 0. The van der Waals surface area contributed by atoms with Gasteiger partial charge in [-0.15, -0.1) is 0 Å². The molecule has 0 radical (unpaired) electrons. The smallest absolute Gasteiger partial charge is 0.296 e. The van der Waals surface area contributed by atoms with Crippen LogP contribution < -0.4 is 4.57 Å². The number of nitrogens with zero attached hydrogens (tertiary/aromatic N) is 4. The van der Waals surface area contributed by atoms with E-state index in [1.165, 1.54) is 4.57 Å². The van der Waals surface area contributed by atoms with Crippen molar-refractivity contribution in [2.24, 2.45) is 6.98 Å². The Balaban J connectivity index is 2.00. The number of hydrogen-bond acceptors (Lipinski definition) is 1. The summed E-state index contributed by atoms with van der Waals surface area (Å²) in [5.41, 5.74) is 4.56. The van der Waals surface area contributed by atoms with Gasteiger partial charge in [-0.25, -0.2) is 4.57 Å². The number of para-hydroxylation sites is 2. The summed E-state index contributed by atoms with van der Waals surface area (Å²) >= 11 is 0. The first kappa shape index (κ1) is 7.85. The van der Waals surface area contributed by atoms with E-state index in [9.17, 15) is 0 Å². The third kappa shape index (κ3) is 1.04. The molecule has 0 bridgehead atoms. The quantitative estimate of drug-likeness (QED) is 0.394. The van der Waals surface area contributed by atoms with Crippen molar-refractivity contribution >= 4 is 16.7 Å². The maximum Gasteiger partial charge on any atom is 0.296 e. The lowest BCUT2D eigenvalue weighted by atomic mass is 10.2. The number of aryl methyl sites for hydroxylation is 1. The van der Waals surface area contributed by atoms with Crippen molar-refractivity contribution in [2.45, 2.75) is 6.54 Å². The van der Waals surface area contributed by atoms with Crippen molar-refractivity contribution in [3.63, 3.8) is 0 Å². The second-order valence-corrected chi connectivity index (χ2v) is 5.13. The van der Waals surface area contributed by atoms with Gasteiger partial charge in [-0.3, -0.25) is 4.98 Å². The van der Waals surface area contributed by atoms with Gasteiger partial charge in [0, 0.05) is 29.0 Å². The number of fused-ring (bicyclic) bond motifs is 7. The van der Waals surface area contributed by atoms with Crippen molar-refractivity contribution in [2.75, 3.05) is 0 Å². The third-order valence-electron chi connectivity index (χ3n) is 4.06. The molecule has 1 aromatic carbocycles. The Morgan fingerprint density at radius 1 is 1.25 bits per heavy atom. The highest BCUT2D eigenvalue weighted by Gasteiger charge is 2.32. The van der Waals surface area contributed by atoms with Gasteiger partial charge >= 0.3 is 0 Å². The molecule has 4 heterocycles. The molecule has 96 valence electrons. The number of hydrogen-bond donors (Lipinski definition) is 0. The predicted octanol–water partition coefficient (Wildman–Crippen LogP) is 2.14. The van der Waals surface area contributed by atoms with E-state index in [1.807, 2.05) is 47.1 Å². The van der Waals surface area contributed by atoms with Crippen LogP contribution in [-0.2, 0) is 13.5 Å². The van der Waals surface area contributed by atoms with Gasteiger partial charge in [0.2, 0.25) is 5.65 Å². The molecule has 0 aliphatic carbocycles. The normalized spacial score (nSPS) is 15.9. The number of pyridine rings is 1.